The molecule has 0 aliphatic rings. The highest BCUT2D eigenvalue weighted by Crippen LogP contribution is 2.41. The zero-order valence-corrected chi connectivity index (χ0v) is 52.3. The van der Waals surface area contributed by atoms with E-state index in [1.165, 1.54) is 22.3 Å². The molecular formula is C67H102N8O4. The van der Waals surface area contributed by atoms with Crippen LogP contribution in [0, 0.1) is 13.8 Å². The first kappa shape index (κ1) is 62.8. The summed E-state index contributed by atoms with van der Waals surface area (Å²) in [5.74, 6) is 3.07. The quantitative estimate of drug-likeness (QED) is 0.0399. The van der Waals surface area contributed by atoms with Gasteiger partial charge in [0.2, 0.25) is 0 Å². The van der Waals surface area contributed by atoms with E-state index in [1.807, 2.05) is 13.8 Å². The number of fused-ring (bicyclic) bond motifs is 2. The smallest absolute Gasteiger partial charge is 0.185 e. The van der Waals surface area contributed by atoms with E-state index in [-0.39, 0.29) is 45.1 Å². The summed E-state index contributed by atoms with van der Waals surface area (Å²) in [4.78, 5) is 38.8. The largest absolute Gasteiger partial charge is 0.482 e. The van der Waals surface area contributed by atoms with Gasteiger partial charge in [-0.3, -0.25) is 14.7 Å². The van der Waals surface area contributed by atoms with Gasteiger partial charge >= 0.3 is 0 Å². The third-order valence-electron chi connectivity index (χ3n) is 18.3. The molecule has 0 saturated carbocycles. The number of unbranched alkanes of at least 4 members (excludes halogenated alkanes) is 6. The third kappa shape index (κ3) is 15.1. The van der Waals surface area contributed by atoms with Crippen molar-refractivity contribution in [2.45, 2.75) is 286 Å². The van der Waals surface area contributed by atoms with E-state index in [0.29, 0.717) is 61.5 Å². The SMILES string of the molecule is CCCCCCC(Oc1ccc(C(C)(C)CC)cc1C(C)(C)CC)C(=O)CCC(C)c1nc2c(=Cc3c(C)[nH]n4nc(C(C)CCC(=O)C(CCCCCC)Oc5ccc(C(C)(C)CC)cc5C(C)(C)CC)nc34)c(C)nn2n1. The number of H-pyrrole nitrogens is 1. The average molecular weight is 1080 g/mol. The second kappa shape index (κ2) is 26.9. The maximum Gasteiger partial charge on any atom is 0.185 e. The Morgan fingerprint density at radius 3 is 1.46 bits per heavy atom. The van der Waals surface area contributed by atoms with Crippen molar-refractivity contribution in [3.05, 3.63) is 92.5 Å². The van der Waals surface area contributed by atoms with Crippen LogP contribution in [0.3, 0.4) is 0 Å². The van der Waals surface area contributed by atoms with Crippen molar-refractivity contribution in [2.75, 3.05) is 0 Å². The zero-order valence-electron chi connectivity index (χ0n) is 52.3. The van der Waals surface area contributed by atoms with Gasteiger partial charge in [-0.05, 0) is 129 Å². The Morgan fingerprint density at radius 2 is 1.01 bits per heavy atom. The first-order chi connectivity index (χ1) is 37.3. The van der Waals surface area contributed by atoms with Crippen LogP contribution in [-0.2, 0) is 31.2 Å². The van der Waals surface area contributed by atoms with Gasteiger partial charge in [-0.1, -0.05) is 174 Å². The maximum atomic E-state index is 14.3. The van der Waals surface area contributed by atoms with Gasteiger partial charge in [0.15, 0.2) is 46.7 Å². The summed E-state index contributed by atoms with van der Waals surface area (Å²) in [6.07, 6.45) is 16.9. The molecule has 0 bridgehead atoms. The number of carbonyl (C=O) groups excluding carboxylic acids is 2. The molecule has 0 saturated heterocycles. The number of aromatic nitrogens is 8. The molecule has 6 rings (SSSR count). The Kier molecular flexibility index (Phi) is 21.4. The lowest BCUT2D eigenvalue weighted by Gasteiger charge is -2.31. The molecule has 4 unspecified atom stereocenters. The van der Waals surface area contributed by atoms with Gasteiger partial charge in [0.25, 0.3) is 0 Å². The predicted molar refractivity (Wildman–Crippen MR) is 324 cm³/mol. The number of hydrogen-bond acceptors (Lipinski definition) is 9. The normalized spacial score (nSPS) is 14.6. The lowest BCUT2D eigenvalue weighted by Crippen LogP contribution is -2.29. The van der Waals surface area contributed by atoms with Crippen molar-refractivity contribution in [1.29, 1.82) is 0 Å². The minimum Gasteiger partial charge on any atom is -0.482 e. The van der Waals surface area contributed by atoms with Gasteiger partial charge in [-0.2, -0.15) is 9.73 Å². The minimum absolute atomic E-state index is 0.0378. The summed E-state index contributed by atoms with van der Waals surface area (Å²) in [6.45, 7) is 39.8. The van der Waals surface area contributed by atoms with E-state index >= 15 is 0 Å². The van der Waals surface area contributed by atoms with Crippen LogP contribution in [0.25, 0.3) is 17.4 Å². The second-order valence-corrected chi connectivity index (χ2v) is 25.9. The Bertz CT molecular complexity index is 3020. The van der Waals surface area contributed by atoms with Crippen LogP contribution >= 0.6 is 0 Å². The van der Waals surface area contributed by atoms with E-state index in [2.05, 4.69) is 158 Å². The summed E-state index contributed by atoms with van der Waals surface area (Å²) in [5.41, 5.74) is 8.75. The van der Waals surface area contributed by atoms with Gasteiger partial charge in [0, 0.05) is 52.3 Å². The topological polar surface area (TPSA) is 142 Å². The Morgan fingerprint density at radius 1 is 0.570 bits per heavy atom. The van der Waals surface area contributed by atoms with Crippen molar-refractivity contribution in [2.24, 2.45) is 0 Å². The van der Waals surface area contributed by atoms with Gasteiger partial charge in [-0.25, -0.2) is 9.97 Å². The highest BCUT2D eigenvalue weighted by atomic mass is 16.5. The Labute approximate surface area is 475 Å². The molecule has 0 amide bonds. The van der Waals surface area contributed by atoms with E-state index < -0.39 is 12.2 Å². The van der Waals surface area contributed by atoms with Crippen molar-refractivity contribution in [1.82, 2.24) is 39.6 Å². The van der Waals surface area contributed by atoms with E-state index in [0.717, 1.165) is 111 Å². The standard InChI is InChI=1S/C67H102N8O4/c1-19-25-27-29-31-58(78-56-39-35-48(64(11,12)21-3)41-52(56)66(15,16)23-5)54(76)37-33-44(7)60-68-62-50(46(9)70-74(62)72-60)43-51-47(10)71-75-63(51)69-61(73-75)45(8)34-38-55(77)59(32-30-28-26-20-2)79-57-40-36-49(65(13,14)22-4)42-53(57)67(17,18)24-6/h35-36,39-45,58-59,70H,19-34,37-38H2,1-18H3. The summed E-state index contributed by atoms with van der Waals surface area (Å²) in [6, 6.07) is 13.3. The van der Waals surface area contributed by atoms with Gasteiger partial charge in [-0.15, -0.1) is 14.8 Å². The average Bonchev–Trinajstić information content (AvgIpc) is 4.42. The minimum atomic E-state index is -0.525. The van der Waals surface area contributed by atoms with Gasteiger partial charge in [0.1, 0.15) is 11.5 Å². The van der Waals surface area contributed by atoms with Crippen LogP contribution in [0.1, 0.15) is 289 Å². The number of ether oxygens (including phenoxy) is 2. The number of Topliss-reactive ketones (excluding diaryl/α,β-unsaturated/α-hetero) is 2. The van der Waals surface area contributed by atoms with E-state index in [9.17, 15) is 9.59 Å². The fourth-order valence-corrected chi connectivity index (χ4v) is 10.4. The van der Waals surface area contributed by atoms with Crippen molar-refractivity contribution in [3.8, 4) is 11.5 Å². The number of aryl methyl sites for hydroxylation is 2. The first-order valence-electron chi connectivity index (χ1n) is 30.7. The van der Waals surface area contributed by atoms with Crippen LogP contribution < -0.4 is 14.7 Å². The first-order valence-corrected chi connectivity index (χ1v) is 30.7. The van der Waals surface area contributed by atoms with Crippen LogP contribution in [0.2, 0.25) is 0 Å². The highest BCUT2D eigenvalue weighted by molar-refractivity contribution is 5.84. The van der Waals surface area contributed by atoms with Gasteiger partial charge < -0.3 is 9.47 Å². The molecule has 4 aromatic heterocycles. The number of ketones is 2. The Hall–Kier alpha value is -5.39. The lowest BCUT2D eigenvalue weighted by atomic mass is 9.76. The van der Waals surface area contributed by atoms with E-state index in [4.69, 9.17) is 34.7 Å². The van der Waals surface area contributed by atoms with Crippen molar-refractivity contribution in [3.63, 3.8) is 0 Å². The molecule has 1 N–H and O–H groups in total. The molecule has 0 spiro atoms. The van der Waals surface area contributed by atoms with Crippen molar-refractivity contribution < 1.29 is 19.1 Å². The van der Waals surface area contributed by atoms with Crippen LogP contribution in [0.15, 0.2) is 36.4 Å². The molecule has 79 heavy (non-hydrogen) atoms. The van der Waals surface area contributed by atoms with Crippen molar-refractivity contribution >= 4 is 28.9 Å². The van der Waals surface area contributed by atoms with E-state index in [1.54, 1.807) is 9.26 Å². The number of carbonyl (C=O) groups is 2. The molecule has 434 valence electrons. The number of benzene rings is 2. The molecule has 0 radical (unpaired) electrons. The summed E-state index contributed by atoms with van der Waals surface area (Å²) in [5, 5.41) is 18.8. The fraction of sp³-hybridized carbons (Fsp3) is 0.657. The van der Waals surface area contributed by atoms with Gasteiger partial charge in [0.05, 0.1) is 5.69 Å². The molecule has 6 aromatic rings. The van der Waals surface area contributed by atoms with Crippen LogP contribution in [0.4, 0.5) is 0 Å². The summed E-state index contributed by atoms with van der Waals surface area (Å²) in [7, 11) is 0. The molecule has 2 aromatic carbocycles. The number of nitrogens with one attached hydrogen (secondary N) is 1. The number of hydrogen-bond donors (Lipinski definition) is 1. The molecule has 4 atom stereocenters. The van der Waals surface area contributed by atoms with Crippen LogP contribution in [-0.4, -0.2) is 63.4 Å². The molecule has 4 heterocycles. The highest BCUT2D eigenvalue weighted by Gasteiger charge is 2.32. The molecule has 12 heteroatoms. The summed E-state index contributed by atoms with van der Waals surface area (Å²) >= 11 is 0. The monoisotopic (exact) mass is 1080 g/mol. The fourth-order valence-electron chi connectivity index (χ4n) is 10.4. The second-order valence-electron chi connectivity index (χ2n) is 25.9. The number of rotatable bonds is 33. The molecule has 12 nitrogen and oxygen atoms in total. The Balaban J connectivity index is 1.18. The molecule has 0 aliphatic carbocycles. The maximum absolute atomic E-state index is 14.3. The zero-order chi connectivity index (χ0) is 58.0. The number of aromatic amines is 1. The third-order valence-corrected chi connectivity index (χ3v) is 18.3. The lowest BCUT2D eigenvalue weighted by molar-refractivity contribution is -0.127. The summed E-state index contributed by atoms with van der Waals surface area (Å²) < 4.78 is 17.1. The molecular weight excluding hydrogens is 981 g/mol. The molecule has 0 fully saturated rings. The predicted octanol–water partition coefficient (Wildman–Crippen LogP) is 16.2. The molecule has 0 aliphatic heterocycles. The van der Waals surface area contributed by atoms with Crippen LogP contribution in [0.5, 0.6) is 11.5 Å². The number of nitrogens with zero attached hydrogens (tertiary/aromatic N) is 7.